The van der Waals surface area contributed by atoms with E-state index >= 15 is 0 Å². The minimum absolute atomic E-state index is 0.138. The molecule has 1 aliphatic heterocycles. The van der Waals surface area contributed by atoms with E-state index in [0.717, 1.165) is 0 Å². The van der Waals surface area contributed by atoms with Crippen molar-refractivity contribution in [3.8, 4) is 11.5 Å². The highest BCUT2D eigenvalue weighted by molar-refractivity contribution is 7.92. The minimum atomic E-state index is -3.71. The van der Waals surface area contributed by atoms with Gasteiger partial charge in [0.25, 0.3) is 10.0 Å². The first kappa shape index (κ1) is 14.0. The summed E-state index contributed by atoms with van der Waals surface area (Å²) >= 11 is 5.87. The van der Waals surface area contributed by atoms with E-state index in [2.05, 4.69) is 4.72 Å². The molecule has 1 heterocycles. The van der Waals surface area contributed by atoms with Crippen LogP contribution in [0.25, 0.3) is 0 Å². The molecule has 2 aromatic carbocycles. The number of hydrogen-bond acceptors (Lipinski definition) is 4. The molecule has 5 nitrogen and oxygen atoms in total. The second-order valence-corrected chi connectivity index (χ2v) is 6.67. The van der Waals surface area contributed by atoms with Gasteiger partial charge in [-0.2, -0.15) is 0 Å². The molecular weight excluding hydrogens is 314 g/mol. The van der Waals surface area contributed by atoms with Crippen molar-refractivity contribution in [1.29, 1.82) is 0 Å². The molecule has 2 aromatic rings. The van der Waals surface area contributed by atoms with Crippen molar-refractivity contribution in [2.45, 2.75) is 11.8 Å². The summed E-state index contributed by atoms with van der Waals surface area (Å²) in [6.45, 7) is 1.85. The predicted molar refractivity (Wildman–Crippen MR) is 79.6 cm³/mol. The summed E-state index contributed by atoms with van der Waals surface area (Å²) in [5.74, 6) is 1.11. The molecular formula is C14H12ClNO4S. The number of halogens is 1. The van der Waals surface area contributed by atoms with E-state index in [1.807, 2.05) is 0 Å². The van der Waals surface area contributed by atoms with Crippen molar-refractivity contribution in [3.05, 3.63) is 47.0 Å². The maximum Gasteiger partial charge on any atom is 0.262 e. The van der Waals surface area contributed by atoms with E-state index < -0.39 is 10.0 Å². The number of hydrogen-bond donors (Lipinski definition) is 1. The Kier molecular flexibility index (Phi) is 3.43. The Hall–Kier alpha value is -1.92. The standard InChI is InChI=1S/C14H12ClNO4S/c1-9-2-3-10(15)6-14(9)21(17,18)16-11-4-5-12-13(7-11)20-8-19-12/h2-7,16H,8H2,1H3. The summed E-state index contributed by atoms with van der Waals surface area (Å²) in [5, 5.41) is 0.367. The molecule has 0 aromatic heterocycles. The molecule has 0 saturated heterocycles. The van der Waals surface area contributed by atoms with E-state index in [0.29, 0.717) is 27.8 Å². The van der Waals surface area contributed by atoms with Crippen LogP contribution in [0.15, 0.2) is 41.3 Å². The summed E-state index contributed by atoms with van der Waals surface area (Å²) in [6, 6.07) is 9.59. The van der Waals surface area contributed by atoms with Crippen LogP contribution in [-0.2, 0) is 10.0 Å². The molecule has 0 bridgehead atoms. The SMILES string of the molecule is Cc1ccc(Cl)cc1S(=O)(=O)Nc1ccc2c(c1)OCO2. The van der Waals surface area contributed by atoms with Crippen LogP contribution in [-0.4, -0.2) is 15.2 Å². The van der Waals surface area contributed by atoms with Crippen LogP contribution in [0.1, 0.15) is 5.56 Å². The lowest BCUT2D eigenvalue weighted by Crippen LogP contribution is -2.14. The van der Waals surface area contributed by atoms with Crippen LogP contribution in [0.2, 0.25) is 5.02 Å². The van der Waals surface area contributed by atoms with Gasteiger partial charge in [-0.1, -0.05) is 17.7 Å². The van der Waals surface area contributed by atoms with E-state index in [1.165, 1.54) is 6.07 Å². The molecule has 0 aliphatic carbocycles. The summed E-state index contributed by atoms with van der Waals surface area (Å²) in [5.41, 5.74) is 1.02. The van der Waals surface area contributed by atoms with Crippen LogP contribution < -0.4 is 14.2 Å². The van der Waals surface area contributed by atoms with E-state index in [-0.39, 0.29) is 11.7 Å². The summed E-state index contributed by atoms with van der Waals surface area (Å²) in [6.07, 6.45) is 0. The smallest absolute Gasteiger partial charge is 0.262 e. The number of sulfonamides is 1. The Labute approximate surface area is 127 Å². The van der Waals surface area contributed by atoms with E-state index in [4.69, 9.17) is 21.1 Å². The number of aryl methyl sites for hydroxylation is 1. The van der Waals surface area contributed by atoms with Gasteiger partial charge in [0.2, 0.25) is 6.79 Å². The first-order valence-corrected chi connectivity index (χ1v) is 8.00. The lowest BCUT2D eigenvalue weighted by molar-refractivity contribution is 0.174. The second kappa shape index (κ2) is 5.13. The number of fused-ring (bicyclic) bond motifs is 1. The molecule has 110 valence electrons. The highest BCUT2D eigenvalue weighted by Crippen LogP contribution is 2.35. The fraction of sp³-hybridized carbons (Fsp3) is 0.143. The molecule has 0 atom stereocenters. The van der Waals surface area contributed by atoms with Crippen molar-refractivity contribution in [3.63, 3.8) is 0 Å². The average molecular weight is 326 g/mol. The molecule has 0 spiro atoms. The van der Waals surface area contributed by atoms with Crippen LogP contribution in [0.4, 0.5) is 5.69 Å². The Morgan fingerprint density at radius 3 is 2.67 bits per heavy atom. The Morgan fingerprint density at radius 2 is 1.86 bits per heavy atom. The third-order valence-corrected chi connectivity index (χ3v) is 4.82. The van der Waals surface area contributed by atoms with Crippen LogP contribution >= 0.6 is 11.6 Å². The summed E-state index contributed by atoms with van der Waals surface area (Å²) < 4.78 is 37.8. The monoisotopic (exact) mass is 325 g/mol. The first-order chi connectivity index (χ1) is 9.95. The lowest BCUT2D eigenvalue weighted by Gasteiger charge is -2.11. The highest BCUT2D eigenvalue weighted by Gasteiger charge is 2.19. The fourth-order valence-corrected chi connectivity index (χ4v) is 3.59. The van der Waals surface area contributed by atoms with Crippen LogP contribution in [0.5, 0.6) is 11.5 Å². The maximum atomic E-state index is 12.4. The van der Waals surface area contributed by atoms with Gasteiger partial charge in [0.05, 0.1) is 10.6 Å². The zero-order valence-corrected chi connectivity index (χ0v) is 12.7. The Balaban J connectivity index is 1.94. The van der Waals surface area contributed by atoms with Gasteiger partial charge in [0.15, 0.2) is 11.5 Å². The van der Waals surface area contributed by atoms with Gasteiger partial charge >= 0.3 is 0 Å². The average Bonchev–Trinajstić information content (AvgIpc) is 2.88. The summed E-state index contributed by atoms with van der Waals surface area (Å²) in [4.78, 5) is 0.146. The van der Waals surface area contributed by atoms with Gasteiger partial charge in [-0.15, -0.1) is 0 Å². The quantitative estimate of drug-likeness (QED) is 0.941. The van der Waals surface area contributed by atoms with Gasteiger partial charge in [0, 0.05) is 11.1 Å². The normalized spacial score (nSPS) is 13.2. The number of nitrogens with one attached hydrogen (secondary N) is 1. The zero-order valence-electron chi connectivity index (χ0n) is 11.1. The van der Waals surface area contributed by atoms with Crippen molar-refractivity contribution >= 4 is 27.3 Å². The Bertz CT molecular complexity index is 805. The van der Waals surface area contributed by atoms with E-state index in [1.54, 1.807) is 37.3 Å². The van der Waals surface area contributed by atoms with Crippen molar-refractivity contribution < 1.29 is 17.9 Å². The number of benzene rings is 2. The zero-order chi connectivity index (χ0) is 15.0. The molecule has 0 unspecified atom stereocenters. The van der Waals surface area contributed by atoms with Gasteiger partial charge in [-0.3, -0.25) is 4.72 Å². The summed E-state index contributed by atoms with van der Waals surface area (Å²) in [7, 11) is -3.71. The molecule has 7 heteroatoms. The minimum Gasteiger partial charge on any atom is -0.454 e. The molecule has 21 heavy (non-hydrogen) atoms. The van der Waals surface area contributed by atoms with Crippen LogP contribution in [0, 0.1) is 6.92 Å². The van der Waals surface area contributed by atoms with Gasteiger partial charge < -0.3 is 9.47 Å². The van der Waals surface area contributed by atoms with Gasteiger partial charge in [-0.25, -0.2) is 8.42 Å². The lowest BCUT2D eigenvalue weighted by atomic mass is 10.2. The van der Waals surface area contributed by atoms with Crippen molar-refractivity contribution in [2.24, 2.45) is 0 Å². The van der Waals surface area contributed by atoms with Crippen LogP contribution in [0.3, 0.4) is 0 Å². The first-order valence-electron chi connectivity index (χ1n) is 6.14. The predicted octanol–water partition coefficient (Wildman–Crippen LogP) is 3.18. The molecule has 1 aliphatic rings. The highest BCUT2D eigenvalue weighted by atomic mass is 35.5. The van der Waals surface area contributed by atoms with Crippen molar-refractivity contribution in [2.75, 3.05) is 11.5 Å². The van der Waals surface area contributed by atoms with E-state index in [9.17, 15) is 8.42 Å². The van der Waals surface area contributed by atoms with Gasteiger partial charge in [0.1, 0.15) is 0 Å². The molecule has 0 amide bonds. The number of ether oxygens (including phenoxy) is 2. The van der Waals surface area contributed by atoms with Gasteiger partial charge in [-0.05, 0) is 36.8 Å². The molecule has 3 rings (SSSR count). The largest absolute Gasteiger partial charge is 0.454 e. The number of anilines is 1. The molecule has 0 saturated carbocycles. The second-order valence-electron chi connectivity index (χ2n) is 4.58. The fourth-order valence-electron chi connectivity index (χ4n) is 2.03. The molecule has 0 radical (unpaired) electrons. The Morgan fingerprint density at radius 1 is 1.10 bits per heavy atom. The third kappa shape index (κ3) is 2.77. The molecule has 1 N–H and O–H groups in total. The molecule has 0 fully saturated rings. The topological polar surface area (TPSA) is 64.6 Å². The number of rotatable bonds is 3. The van der Waals surface area contributed by atoms with Crippen molar-refractivity contribution in [1.82, 2.24) is 0 Å². The third-order valence-electron chi connectivity index (χ3n) is 3.06. The maximum absolute atomic E-state index is 12.4.